The summed E-state index contributed by atoms with van der Waals surface area (Å²) in [6.45, 7) is 1.52. The van der Waals surface area contributed by atoms with Gasteiger partial charge in [-0.2, -0.15) is 5.10 Å². The summed E-state index contributed by atoms with van der Waals surface area (Å²) in [5, 5.41) is 10.9. The number of aryl methyl sites for hydroxylation is 1. The van der Waals surface area contributed by atoms with Gasteiger partial charge in [-0.05, 0) is 26.2 Å². The minimum Gasteiger partial charge on any atom is -0.469 e. The molecule has 0 amide bonds. The lowest BCUT2D eigenvalue weighted by atomic mass is 10.1. The fourth-order valence-corrected chi connectivity index (χ4v) is 2.38. The lowest BCUT2D eigenvalue weighted by Gasteiger charge is -2.24. The van der Waals surface area contributed by atoms with Gasteiger partial charge >= 0.3 is 0 Å². The second-order valence-electron chi connectivity index (χ2n) is 5.64. The lowest BCUT2D eigenvalue weighted by molar-refractivity contribution is 0.298. The second-order valence-corrected chi connectivity index (χ2v) is 5.64. The largest absolute Gasteiger partial charge is 0.469 e. The molecule has 0 aromatic carbocycles. The van der Waals surface area contributed by atoms with E-state index < -0.39 is 0 Å². The third-order valence-electron chi connectivity index (χ3n) is 3.66. The van der Waals surface area contributed by atoms with Gasteiger partial charge in [0.2, 0.25) is 0 Å². The first-order valence-corrected chi connectivity index (χ1v) is 7.72. The Kier molecular flexibility index (Phi) is 8.83. The molecule has 7 nitrogen and oxygen atoms in total. The van der Waals surface area contributed by atoms with Crippen LogP contribution in [0.25, 0.3) is 0 Å². The van der Waals surface area contributed by atoms with E-state index in [2.05, 4.69) is 39.7 Å². The molecule has 2 heterocycles. The number of guanidine groups is 1. The predicted molar refractivity (Wildman–Crippen MR) is 107 cm³/mol. The maximum atomic E-state index is 5.32. The van der Waals surface area contributed by atoms with Crippen LogP contribution in [0.4, 0.5) is 0 Å². The molecular weight excluding hydrogens is 419 g/mol. The summed E-state index contributed by atoms with van der Waals surface area (Å²) < 4.78 is 7.14. The van der Waals surface area contributed by atoms with E-state index in [9.17, 15) is 0 Å². The summed E-state index contributed by atoms with van der Waals surface area (Å²) in [5.41, 5.74) is 1.18. The van der Waals surface area contributed by atoms with Gasteiger partial charge < -0.3 is 20.0 Å². The second kappa shape index (κ2) is 10.3. The molecule has 0 aliphatic carbocycles. The van der Waals surface area contributed by atoms with E-state index in [1.165, 1.54) is 5.56 Å². The van der Waals surface area contributed by atoms with Crippen molar-refractivity contribution in [2.75, 3.05) is 34.2 Å². The van der Waals surface area contributed by atoms with E-state index in [0.29, 0.717) is 0 Å². The zero-order valence-electron chi connectivity index (χ0n) is 14.7. The van der Waals surface area contributed by atoms with E-state index in [-0.39, 0.29) is 30.0 Å². The van der Waals surface area contributed by atoms with E-state index >= 15 is 0 Å². The fourth-order valence-electron chi connectivity index (χ4n) is 2.38. The standard InChI is InChI=1S/C16H26N6O.HI/c1-17-16(18-8-7-14-6-5-9-23-14)19-11-15(21(2)3)13-10-20-22(4)12-13;/h5-6,9-10,12,15H,7-8,11H2,1-4H3,(H2,17,18,19);1H. The van der Waals surface area contributed by atoms with Gasteiger partial charge in [-0.15, -0.1) is 24.0 Å². The van der Waals surface area contributed by atoms with E-state index in [1.807, 2.05) is 36.3 Å². The number of hydrogen-bond donors (Lipinski definition) is 2. The molecule has 1 atom stereocenters. The zero-order chi connectivity index (χ0) is 16.7. The highest BCUT2D eigenvalue weighted by atomic mass is 127. The van der Waals surface area contributed by atoms with Crippen LogP contribution in [0.3, 0.4) is 0 Å². The van der Waals surface area contributed by atoms with Gasteiger partial charge in [0.05, 0.1) is 18.5 Å². The van der Waals surface area contributed by atoms with Crippen molar-refractivity contribution < 1.29 is 4.42 Å². The first-order valence-electron chi connectivity index (χ1n) is 7.72. The van der Waals surface area contributed by atoms with Crippen LogP contribution in [-0.2, 0) is 13.5 Å². The highest BCUT2D eigenvalue weighted by molar-refractivity contribution is 14.0. The average molecular weight is 446 g/mol. The van der Waals surface area contributed by atoms with Crippen molar-refractivity contribution in [3.05, 3.63) is 42.1 Å². The SMILES string of the molecule is CN=C(NCCc1ccco1)NCC(c1cnn(C)c1)N(C)C.I. The lowest BCUT2D eigenvalue weighted by Crippen LogP contribution is -2.42. The number of likely N-dealkylation sites (N-methyl/N-ethyl adjacent to an activating group) is 1. The third kappa shape index (κ3) is 6.16. The van der Waals surface area contributed by atoms with E-state index in [4.69, 9.17) is 4.42 Å². The molecule has 2 N–H and O–H groups in total. The molecule has 0 fully saturated rings. The van der Waals surface area contributed by atoms with Crippen LogP contribution in [0.5, 0.6) is 0 Å². The molecule has 0 bridgehead atoms. The van der Waals surface area contributed by atoms with Crippen LogP contribution < -0.4 is 10.6 Å². The number of nitrogens with zero attached hydrogens (tertiary/aromatic N) is 4. The van der Waals surface area contributed by atoms with Crippen molar-refractivity contribution in [2.24, 2.45) is 12.0 Å². The Balaban J connectivity index is 0.00000288. The summed E-state index contributed by atoms with van der Waals surface area (Å²) in [6.07, 6.45) is 6.46. The Labute approximate surface area is 160 Å². The minimum absolute atomic E-state index is 0. The van der Waals surface area contributed by atoms with E-state index in [0.717, 1.165) is 31.2 Å². The van der Waals surface area contributed by atoms with Gasteiger partial charge in [0, 0.05) is 45.4 Å². The van der Waals surface area contributed by atoms with Crippen molar-refractivity contribution in [2.45, 2.75) is 12.5 Å². The molecule has 0 radical (unpaired) electrons. The Morgan fingerprint density at radius 3 is 2.75 bits per heavy atom. The molecule has 0 saturated heterocycles. The van der Waals surface area contributed by atoms with E-state index in [1.54, 1.807) is 13.3 Å². The first-order chi connectivity index (χ1) is 11.1. The Hall–Kier alpha value is -1.55. The topological polar surface area (TPSA) is 70.6 Å². The molecule has 1 unspecified atom stereocenters. The van der Waals surface area contributed by atoms with Gasteiger partial charge in [-0.25, -0.2) is 0 Å². The van der Waals surface area contributed by atoms with Crippen molar-refractivity contribution in [1.29, 1.82) is 0 Å². The summed E-state index contributed by atoms with van der Waals surface area (Å²) in [4.78, 5) is 6.43. The molecule has 0 aliphatic rings. The number of aliphatic imine (C=N–C) groups is 1. The van der Waals surface area contributed by atoms with Crippen LogP contribution in [0, 0.1) is 0 Å². The normalized spacial score (nSPS) is 12.8. The molecule has 8 heteroatoms. The quantitative estimate of drug-likeness (QED) is 0.385. The summed E-state index contributed by atoms with van der Waals surface area (Å²) in [6, 6.07) is 4.10. The molecule has 2 aromatic rings. The van der Waals surface area contributed by atoms with Crippen LogP contribution in [0.2, 0.25) is 0 Å². The Morgan fingerprint density at radius 2 is 2.21 bits per heavy atom. The van der Waals surface area contributed by atoms with Gasteiger partial charge in [0.1, 0.15) is 5.76 Å². The van der Waals surface area contributed by atoms with Crippen molar-refractivity contribution in [3.63, 3.8) is 0 Å². The highest BCUT2D eigenvalue weighted by Crippen LogP contribution is 2.15. The van der Waals surface area contributed by atoms with Crippen LogP contribution >= 0.6 is 24.0 Å². The van der Waals surface area contributed by atoms with Gasteiger partial charge in [0.15, 0.2) is 5.96 Å². The number of rotatable bonds is 7. The molecule has 2 aromatic heterocycles. The summed E-state index contributed by atoms with van der Waals surface area (Å²) in [7, 11) is 7.83. The summed E-state index contributed by atoms with van der Waals surface area (Å²) >= 11 is 0. The van der Waals surface area contributed by atoms with Gasteiger partial charge in [-0.1, -0.05) is 0 Å². The molecule has 0 saturated carbocycles. The van der Waals surface area contributed by atoms with Crippen LogP contribution in [0.1, 0.15) is 17.4 Å². The Morgan fingerprint density at radius 1 is 1.42 bits per heavy atom. The van der Waals surface area contributed by atoms with Crippen LogP contribution in [-0.4, -0.2) is 54.9 Å². The molecule has 0 spiro atoms. The fraction of sp³-hybridized carbons (Fsp3) is 0.500. The Bertz CT molecular complexity index is 608. The predicted octanol–water partition coefficient (Wildman–Crippen LogP) is 1.64. The van der Waals surface area contributed by atoms with Crippen molar-refractivity contribution in [1.82, 2.24) is 25.3 Å². The highest BCUT2D eigenvalue weighted by Gasteiger charge is 2.16. The third-order valence-corrected chi connectivity index (χ3v) is 3.66. The number of halogens is 1. The van der Waals surface area contributed by atoms with Gasteiger partial charge in [0.25, 0.3) is 0 Å². The monoisotopic (exact) mass is 446 g/mol. The number of hydrogen-bond acceptors (Lipinski definition) is 4. The van der Waals surface area contributed by atoms with Gasteiger partial charge in [-0.3, -0.25) is 9.67 Å². The summed E-state index contributed by atoms with van der Waals surface area (Å²) in [5.74, 6) is 1.75. The van der Waals surface area contributed by atoms with Crippen molar-refractivity contribution >= 4 is 29.9 Å². The number of aromatic nitrogens is 2. The van der Waals surface area contributed by atoms with Crippen molar-refractivity contribution in [3.8, 4) is 0 Å². The smallest absolute Gasteiger partial charge is 0.191 e. The maximum Gasteiger partial charge on any atom is 0.191 e. The molecule has 24 heavy (non-hydrogen) atoms. The van der Waals surface area contributed by atoms with Crippen LogP contribution in [0.15, 0.2) is 40.2 Å². The number of furan rings is 1. The molecular formula is C16H27IN6O. The average Bonchev–Trinajstić information content (AvgIpc) is 3.17. The minimum atomic E-state index is 0. The molecule has 0 aliphatic heterocycles. The first kappa shape index (κ1) is 20.5. The number of nitrogens with one attached hydrogen (secondary N) is 2. The molecule has 2 rings (SSSR count). The zero-order valence-corrected chi connectivity index (χ0v) is 17.0. The molecule has 134 valence electrons. The maximum absolute atomic E-state index is 5.32.